The predicted octanol–water partition coefficient (Wildman–Crippen LogP) is 2.46. The number of carbonyl (C=O) groups is 2. The average Bonchev–Trinajstić information content (AvgIpc) is 2.49. The minimum Gasteiger partial charge on any atom is -0.274 e. The van der Waals surface area contributed by atoms with Crippen molar-refractivity contribution in [1.82, 2.24) is 4.90 Å². The van der Waals surface area contributed by atoms with Crippen LogP contribution in [-0.2, 0) is 9.59 Å². The largest absolute Gasteiger partial charge is 0.274 e. The molecule has 0 aliphatic carbocycles. The van der Waals surface area contributed by atoms with Gasteiger partial charge in [-0.05, 0) is 12.3 Å². The maximum atomic E-state index is 12.1. The Labute approximate surface area is 102 Å². The molecular weight excluding hydrogens is 214 g/mol. The second kappa shape index (κ2) is 5.62. The van der Waals surface area contributed by atoms with Gasteiger partial charge in [0.15, 0.2) is 0 Å². The second-order valence-corrected chi connectivity index (χ2v) is 4.46. The topological polar surface area (TPSA) is 37.4 Å². The molecule has 0 N–H and O–H groups in total. The molecule has 0 fully saturated rings. The van der Waals surface area contributed by atoms with Crippen molar-refractivity contribution in [3.8, 4) is 0 Å². The highest BCUT2D eigenvalue weighted by Crippen LogP contribution is 2.23. The van der Waals surface area contributed by atoms with Crippen LogP contribution in [0.4, 0.5) is 0 Å². The lowest BCUT2D eigenvalue weighted by molar-refractivity contribution is -0.137. The third-order valence-electron chi connectivity index (χ3n) is 2.51. The fourth-order valence-electron chi connectivity index (χ4n) is 1.74. The SMILES string of the molecule is C=CC1=C(/C=C\CC)C(=O)N(CC(C)C)C1=O. The van der Waals surface area contributed by atoms with Gasteiger partial charge in [-0.25, -0.2) is 0 Å². The second-order valence-electron chi connectivity index (χ2n) is 4.46. The summed E-state index contributed by atoms with van der Waals surface area (Å²) in [6.07, 6.45) is 5.90. The van der Waals surface area contributed by atoms with Gasteiger partial charge in [-0.2, -0.15) is 0 Å². The van der Waals surface area contributed by atoms with Crippen LogP contribution in [0.1, 0.15) is 27.2 Å². The summed E-state index contributed by atoms with van der Waals surface area (Å²) in [6, 6.07) is 0. The minimum absolute atomic E-state index is 0.205. The smallest absolute Gasteiger partial charge is 0.261 e. The third-order valence-corrected chi connectivity index (χ3v) is 2.51. The van der Waals surface area contributed by atoms with E-state index in [2.05, 4.69) is 6.58 Å². The van der Waals surface area contributed by atoms with Gasteiger partial charge in [0.05, 0.1) is 11.1 Å². The van der Waals surface area contributed by atoms with E-state index in [1.807, 2.05) is 26.8 Å². The van der Waals surface area contributed by atoms with E-state index in [0.717, 1.165) is 6.42 Å². The number of allylic oxidation sites excluding steroid dienone is 1. The lowest BCUT2D eigenvalue weighted by Crippen LogP contribution is -2.34. The third kappa shape index (κ3) is 2.73. The van der Waals surface area contributed by atoms with Gasteiger partial charge < -0.3 is 0 Å². The minimum atomic E-state index is -0.227. The van der Waals surface area contributed by atoms with Crippen LogP contribution in [0.15, 0.2) is 36.0 Å². The number of nitrogens with zero attached hydrogens (tertiary/aromatic N) is 1. The van der Waals surface area contributed by atoms with Gasteiger partial charge in [0, 0.05) is 6.54 Å². The fraction of sp³-hybridized carbons (Fsp3) is 0.429. The van der Waals surface area contributed by atoms with Crippen LogP contribution in [0.3, 0.4) is 0 Å². The first kappa shape index (κ1) is 13.4. The first-order valence-electron chi connectivity index (χ1n) is 5.92. The summed E-state index contributed by atoms with van der Waals surface area (Å²) >= 11 is 0. The van der Waals surface area contributed by atoms with Gasteiger partial charge in [-0.15, -0.1) is 0 Å². The Morgan fingerprint density at radius 2 is 1.82 bits per heavy atom. The zero-order valence-electron chi connectivity index (χ0n) is 10.7. The van der Waals surface area contributed by atoms with Gasteiger partial charge in [-0.3, -0.25) is 14.5 Å². The van der Waals surface area contributed by atoms with Gasteiger partial charge in [-0.1, -0.05) is 45.6 Å². The van der Waals surface area contributed by atoms with Crippen molar-refractivity contribution in [2.24, 2.45) is 5.92 Å². The molecule has 0 aromatic rings. The molecule has 3 heteroatoms. The van der Waals surface area contributed by atoms with Crippen molar-refractivity contribution in [3.05, 3.63) is 36.0 Å². The molecule has 0 aromatic carbocycles. The van der Waals surface area contributed by atoms with Crippen molar-refractivity contribution in [2.75, 3.05) is 6.54 Å². The van der Waals surface area contributed by atoms with E-state index < -0.39 is 0 Å². The summed E-state index contributed by atoms with van der Waals surface area (Å²) in [7, 11) is 0. The monoisotopic (exact) mass is 233 g/mol. The Kier molecular flexibility index (Phi) is 4.44. The normalized spacial score (nSPS) is 16.8. The highest BCUT2D eigenvalue weighted by Gasteiger charge is 2.35. The first-order chi connectivity index (χ1) is 8.02. The molecule has 92 valence electrons. The lowest BCUT2D eigenvalue weighted by Gasteiger charge is -2.16. The quantitative estimate of drug-likeness (QED) is 0.684. The molecule has 3 nitrogen and oxygen atoms in total. The standard InChI is InChI=1S/C14H19NO2/c1-5-7-8-12-11(6-2)13(16)15(14(12)17)9-10(3)4/h6-8,10H,2,5,9H2,1,3-4H3/b8-7-. The molecule has 1 heterocycles. The number of hydrogen-bond acceptors (Lipinski definition) is 2. The Balaban J connectivity index is 3.05. The predicted molar refractivity (Wildman–Crippen MR) is 68.2 cm³/mol. The summed E-state index contributed by atoms with van der Waals surface area (Å²) in [5, 5.41) is 0. The molecule has 0 aromatic heterocycles. The molecule has 1 aliphatic rings. The van der Waals surface area contributed by atoms with Crippen LogP contribution >= 0.6 is 0 Å². The highest BCUT2D eigenvalue weighted by atomic mass is 16.2. The van der Waals surface area contributed by atoms with Crippen molar-refractivity contribution in [1.29, 1.82) is 0 Å². The molecule has 0 saturated carbocycles. The molecular formula is C14H19NO2. The van der Waals surface area contributed by atoms with Gasteiger partial charge in [0.25, 0.3) is 11.8 Å². The maximum absolute atomic E-state index is 12.1. The van der Waals surface area contributed by atoms with E-state index in [1.54, 1.807) is 6.08 Å². The van der Waals surface area contributed by atoms with Crippen LogP contribution in [0.25, 0.3) is 0 Å². The average molecular weight is 233 g/mol. The molecule has 17 heavy (non-hydrogen) atoms. The molecule has 0 radical (unpaired) electrons. The zero-order valence-corrected chi connectivity index (χ0v) is 10.7. The first-order valence-corrected chi connectivity index (χ1v) is 5.92. The molecule has 0 atom stereocenters. The molecule has 1 rings (SSSR count). The maximum Gasteiger partial charge on any atom is 0.261 e. The summed E-state index contributed by atoms with van der Waals surface area (Å²) in [5.41, 5.74) is 0.882. The Morgan fingerprint density at radius 1 is 1.24 bits per heavy atom. The van der Waals surface area contributed by atoms with E-state index in [4.69, 9.17) is 0 Å². The number of hydrogen-bond donors (Lipinski definition) is 0. The lowest BCUT2D eigenvalue weighted by atomic mass is 10.1. The van der Waals surface area contributed by atoms with Gasteiger partial charge in [0.2, 0.25) is 0 Å². The zero-order chi connectivity index (χ0) is 13.0. The van der Waals surface area contributed by atoms with Crippen LogP contribution in [0.5, 0.6) is 0 Å². The van der Waals surface area contributed by atoms with Crippen LogP contribution in [0, 0.1) is 5.92 Å². The number of rotatable bonds is 5. The molecule has 0 unspecified atom stereocenters. The Hall–Kier alpha value is -1.64. The van der Waals surface area contributed by atoms with Crippen LogP contribution < -0.4 is 0 Å². The Morgan fingerprint density at radius 3 is 2.29 bits per heavy atom. The van der Waals surface area contributed by atoms with Crippen molar-refractivity contribution in [2.45, 2.75) is 27.2 Å². The van der Waals surface area contributed by atoms with E-state index in [0.29, 0.717) is 17.7 Å². The Bertz CT molecular complexity index is 402. The van der Waals surface area contributed by atoms with Gasteiger partial charge in [0.1, 0.15) is 0 Å². The summed E-state index contributed by atoms with van der Waals surface area (Å²) in [6.45, 7) is 10.0. The molecule has 0 bridgehead atoms. The molecule has 0 saturated heterocycles. The van der Waals surface area contributed by atoms with E-state index in [1.165, 1.54) is 11.0 Å². The molecule has 2 amide bonds. The molecule has 1 aliphatic heterocycles. The van der Waals surface area contributed by atoms with Gasteiger partial charge >= 0.3 is 0 Å². The van der Waals surface area contributed by atoms with E-state index in [-0.39, 0.29) is 17.7 Å². The van der Waals surface area contributed by atoms with Crippen molar-refractivity contribution < 1.29 is 9.59 Å². The van der Waals surface area contributed by atoms with Crippen molar-refractivity contribution in [3.63, 3.8) is 0 Å². The van der Waals surface area contributed by atoms with Crippen LogP contribution in [0.2, 0.25) is 0 Å². The van der Waals surface area contributed by atoms with Crippen molar-refractivity contribution >= 4 is 11.8 Å². The van der Waals surface area contributed by atoms with E-state index >= 15 is 0 Å². The highest BCUT2D eigenvalue weighted by molar-refractivity contribution is 6.21. The number of imide groups is 1. The summed E-state index contributed by atoms with van der Waals surface area (Å²) in [4.78, 5) is 25.4. The van der Waals surface area contributed by atoms with Crippen LogP contribution in [-0.4, -0.2) is 23.3 Å². The summed E-state index contributed by atoms with van der Waals surface area (Å²) < 4.78 is 0. The number of amides is 2. The number of carbonyl (C=O) groups excluding carboxylic acids is 2. The summed E-state index contributed by atoms with van der Waals surface area (Å²) in [5.74, 6) is -0.166. The molecule has 0 spiro atoms. The fourth-order valence-corrected chi connectivity index (χ4v) is 1.74. The van der Waals surface area contributed by atoms with E-state index in [9.17, 15) is 9.59 Å².